The van der Waals surface area contributed by atoms with Crippen molar-refractivity contribution in [2.75, 3.05) is 27.4 Å². The van der Waals surface area contributed by atoms with E-state index >= 15 is 0 Å². The van der Waals surface area contributed by atoms with E-state index in [-0.39, 0.29) is 27.8 Å². The summed E-state index contributed by atoms with van der Waals surface area (Å²) in [6, 6.07) is 8.13. The van der Waals surface area contributed by atoms with Gasteiger partial charge in [-0.2, -0.15) is 0 Å². The molecule has 34 nitrogen and oxygen atoms in total. The molecule has 2 saturated heterocycles. The van der Waals surface area contributed by atoms with Crippen molar-refractivity contribution in [1.82, 2.24) is 5.32 Å². The summed E-state index contributed by atoms with van der Waals surface area (Å²) in [6.45, 7) is -2.32. The van der Waals surface area contributed by atoms with Gasteiger partial charge in [-0.25, -0.2) is 14.4 Å². The maximum atomic E-state index is 14.8. The summed E-state index contributed by atoms with van der Waals surface area (Å²) >= 11 is 0. The van der Waals surface area contributed by atoms with E-state index in [0.29, 0.717) is 0 Å². The number of carboxylic acids is 1. The first kappa shape index (κ1) is 68.6. The highest BCUT2D eigenvalue weighted by molar-refractivity contribution is 5.92. The number of fused-ring (bicyclic) bond motifs is 1. The molecular formula is C61H63NO33. The highest BCUT2D eigenvalue weighted by atomic mass is 16.7. The molecule has 510 valence electrons. The van der Waals surface area contributed by atoms with Gasteiger partial charge in [-0.15, -0.1) is 0 Å². The zero-order chi connectivity index (χ0) is 69.3. The molecule has 12 atom stereocenters. The number of hydrogen-bond donors (Lipinski definition) is 21. The molecule has 3 heterocycles. The van der Waals surface area contributed by atoms with Crippen LogP contribution in [0.5, 0.6) is 103 Å². The average molecular weight is 1340 g/mol. The van der Waals surface area contributed by atoms with E-state index in [2.05, 4.69) is 5.32 Å². The number of aromatic hydroxyl groups is 16. The van der Waals surface area contributed by atoms with Crippen LogP contribution >= 0.6 is 0 Å². The summed E-state index contributed by atoms with van der Waals surface area (Å²) in [6.07, 6.45) is -22.6. The third-order valence-electron chi connectivity index (χ3n) is 15.8. The molecule has 34 heteroatoms. The molecule has 3 aliphatic heterocycles. The molecule has 0 bridgehead atoms. The maximum Gasteiger partial charge on any atom is 0.338 e. The summed E-state index contributed by atoms with van der Waals surface area (Å²) in [5, 5.41) is 217. The maximum absolute atomic E-state index is 14.8. The van der Waals surface area contributed by atoms with Gasteiger partial charge in [0.05, 0.1) is 23.8 Å². The summed E-state index contributed by atoms with van der Waals surface area (Å²) in [4.78, 5) is 54.4. The number of ether oxygens (including phenoxy) is 9. The highest BCUT2D eigenvalue weighted by Crippen LogP contribution is 2.52. The SMILES string of the molecule is COC1OC(C(=O)O)C(OC2CC(O)C(OC)C(C(=O)NCC(Cc3c(O)cc(O)c4c3O[C@H](c3cc(O)c(O)c(O)c3)[C@H](OC(=O)c3cc(O)c(O)c(O)c3)C4)c3c(O)cc(O)c(CCOC(=O)c4cc(O)c(O)c(O)c4)c3OCc3cc(O)c(O)c(O)c3)O2)C(O)C1O. The van der Waals surface area contributed by atoms with Crippen molar-refractivity contribution in [3.05, 3.63) is 105 Å². The van der Waals surface area contributed by atoms with Gasteiger partial charge >= 0.3 is 17.9 Å². The van der Waals surface area contributed by atoms with E-state index in [1.165, 1.54) is 0 Å². The molecule has 21 N–H and O–H groups in total. The lowest BCUT2D eigenvalue weighted by atomic mass is 9.85. The Labute approximate surface area is 533 Å². The number of esters is 2. The molecule has 95 heavy (non-hydrogen) atoms. The molecule has 2 fully saturated rings. The Morgan fingerprint density at radius 2 is 1.13 bits per heavy atom. The van der Waals surface area contributed by atoms with Crippen LogP contribution in [-0.4, -0.2) is 215 Å². The van der Waals surface area contributed by atoms with E-state index in [1.807, 2.05) is 0 Å². The number of hydrogen-bond acceptors (Lipinski definition) is 32. The minimum Gasteiger partial charge on any atom is -0.507 e. The van der Waals surface area contributed by atoms with E-state index in [9.17, 15) is 121 Å². The summed E-state index contributed by atoms with van der Waals surface area (Å²) in [7, 11) is 2.13. The van der Waals surface area contributed by atoms with Gasteiger partial charge in [0.25, 0.3) is 5.91 Å². The monoisotopic (exact) mass is 1340 g/mol. The number of aliphatic hydroxyl groups is 3. The molecule has 0 radical (unpaired) electrons. The second-order valence-corrected chi connectivity index (χ2v) is 22.0. The number of aliphatic carboxylic acids is 1. The summed E-state index contributed by atoms with van der Waals surface area (Å²) < 4.78 is 51.5. The molecule has 3 aliphatic rings. The zero-order valence-electron chi connectivity index (χ0n) is 49.4. The molecule has 0 spiro atoms. The number of carbonyl (C=O) groups is 4. The number of benzene rings is 6. The predicted molar refractivity (Wildman–Crippen MR) is 310 cm³/mol. The van der Waals surface area contributed by atoms with E-state index in [0.717, 1.165) is 74.9 Å². The number of aliphatic hydroxyl groups excluding tert-OH is 3. The molecule has 0 aliphatic carbocycles. The number of carbonyl (C=O) groups excluding carboxylic acids is 3. The van der Waals surface area contributed by atoms with E-state index < -0.39 is 263 Å². The van der Waals surface area contributed by atoms with Gasteiger partial charge in [-0.05, 0) is 60.5 Å². The average Bonchev–Trinajstić information content (AvgIpc) is 0.761. The minimum atomic E-state index is -2.04. The zero-order valence-corrected chi connectivity index (χ0v) is 49.4. The molecule has 6 aromatic carbocycles. The van der Waals surface area contributed by atoms with Crippen molar-refractivity contribution in [1.29, 1.82) is 0 Å². The number of methoxy groups -OCH3 is 2. The van der Waals surface area contributed by atoms with Crippen LogP contribution in [0.25, 0.3) is 0 Å². The van der Waals surface area contributed by atoms with Crippen molar-refractivity contribution in [3.63, 3.8) is 0 Å². The van der Waals surface area contributed by atoms with Crippen molar-refractivity contribution in [2.45, 2.75) is 106 Å². The first-order chi connectivity index (χ1) is 44.9. The molecule has 6 aromatic rings. The molecule has 9 rings (SSSR count). The third kappa shape index (κ3) is 14.1. The van der Waals surface area contributed by atoms with Gasteiger partial charge in [-0.1, -0.05) is 0 Å². The lowest BCUT2D eigenvalue weighted by Gasteiger charge is -2.44. The Morgan fingerprint density at radius 1 is 0.589 bits per heavy atom. The van der Waals surface area contributed by atoms with Crippen molar-refractivity contribution < 1.29 is 164 Å². The number of rotatable bonds is 21. The van der Waals surface area contributed by atoms with Gasteiger partial charge in [0.2, 0.25) is 0 Å². The molecule has 10 unspecified atom stereocenters. The Balaban J connectivity index is 1.16. The van der Waals surface area contributed by atoms with Crippen molar-refractivity contribution in [3.8, 4) is 103 Å². The second kappa shape index (κ2) is 27.9. The predicted octanol–water partition coefficient (Wildman–Crippen LogP) is 1.35. The van der Waals surface area contributed by atoms with Crippen molar-refractivity contribution in [2.24, 2.45) is 0 Å². The van der Waals surface area contributed by atoms with Gasteiger partial charge < -0.3 is 150 Å². The summed E-state index contributed by atoms with van der Waals surface area (Å²) in [5.74, 6) is -22.7. The summed E-state index contributed by atoms with van der Waals surface area (Å²) in [5.41, 5.74) is -2.88. The Kier molecular flexibility index (Phi) is 20.1. The molecule has 0 saturated carbocycles. The van der Waals surface area contributed by atoms with Crippen LogP contribution in [0.15, 0.2) is 60.7 Å². The molecule has 1 amide bonds. The van der Waals surface area contributed by atoms with E-state index in [4.69, 9.17) is 42.6 Å². The minimum absolute atomic E-state index is 0.114. The normalized spacial score (nSPS) is 22.7. The van der Waals surface area contributed by atoms with Crippen LogP contribution in [0.2, 0.25) is 0 Å². The lowest BCUT2D eigenvalue weighted by Crippen LogP contribution is -2.63. The Morgan fingerprint density at radius 3 is 1.68 bits per heavy atom. The topological polar surface area (TPSA) is 568 Å². The highest BCUT2D eigenvalue weighted by Gasteiger charge is 2.52. The second-order valence-electron chi connectivity index (χ2n) is 22.0. The fourth-order valence-electron chi connectivity index (χ4n) is 11.1. The van der Waals surface area contributed by atoms with Crippen LogP contribution < -0.4 is 14.8 Å². The van der Waals surface area contributed by atoms with Crippen molar-refractivity contribution >= 4 is 23.8 Å². The number of nitrogens with one attached hydrogen (secondary N) is 1. The van der Waals surface area contributed by atoms with Gasteiger partial charge in [0.15, 0.2) is 99.9 Å². The number of amides is 1. The first-order valence-corrected chi connectivity index (χ1v) is 28.3. The number of carboxylic acid groups (broad SMARTS) is 1. The van der Waals surface area contributed by atoms with Crippen LogP contribution in [0.4, 0.5) is 0 Å². The smallest absolute Gasteiger partial charge is 0.338 e. The van der Waals surface area contributed by atoms with E-state index in [1.54, 1.807) is 0 Å². The number of phenolic OH excluding ortho intramolecular Hbond substituents is 16. The fourth-order valence-corrected chi connectivity index (χ4v) is 11.1. The first-order valence-electron chi connectivity index (χ1n) is 28.3. The van der Waals surface area contributed by atoms with Crippen LogP contribution in [0.3, 0.4) is 0 Å². The van der Waals surface area contributed by atoms with Crippen LogP contribution in [0.1, 0.15) is 72.5 Å². The Bertz CT molecular complexity index is 3840. The third-order valence-corrected chi connectivity index (χ3v) is 15.8. The molecular weight excluding hydrogens is 1270 g/mol. The quantitative estimate of drug-likeness (QED) is 0.0357. The largest absolute Gasteiger partial charge is 0.507 e. The van der Waals surface area contributed by atoms with Crippen LogP contribution in [0, 0.1) is 0 Å². The van der Waals surface area contributed by atoms with Crippen LogP contribution in [-0.2, 0) is 68.6 Å². The Hall–Kier alpha value is -10.7. The molecule has 0 aromatic heterocycles. The standard InChI is InChI=1S/C61H63NO33/c1-87-53-40(75)17-42(92-54-48(80)49(81)61(88-2)95-56(54)58(83)84)93-55(53)57(82)62-18-24(43-31(66)16-28(63)25(52(43)90-19-20-5-32(67)44(76)33(68)6-20)3-4-89-59(85)22-10-36(71)46(78)37(72)11-22)7-26-29(64)15-30(65)27-14-41(91-60(86)23-12-38(73)47(79)39(74)13-23)50(94-51(26)27)21-8-34(69)45(77)35(70)9-21/h5-6,8-13,15-16,24,40-42,48-50,53-56,61,63-81H,3-4,7,14,17-19H2,1-2H3,(H,62,82)(H,83,84)/t24?,40?,41-,42?,48?,49?,50-,53?,54?,55?,56?,61?/m1/s1. The van der Waals surface area contributed by atoms with Gasteiger partial charge in [-0.3, -0.25) is 4.79 Å². The number of phenols is 16. The van der Waals surface area contributed by atoms with Gasteiger partial charge in [0, 0.05) is 85.9 Å². The lowest BCUT2D eigenvalue weighted by molar-refractivity contribution is -0.330. The fraction of sp³-hybridized carbons (Fsp3) is 0.344. The van der Waals surface area contributed by atoms with Gasteiger partial charge in [0.1, 0.15) is 71.6 Å².